The predicted octanol–water partition coefficient (Wildman–Crippen LogP) is 0.822. The molecular formula is C18H22N6O. The van der Waals surface area contributed by atoms with E-state index < -0.39 is 0 Å². The highest BCUT2D eigenvalue weighted by Crippen LogP contribution is 2.26. The summed E-state index contributed by atoms with van der Waals surface area (Å²) in [6.45, 7) is 4.90. The SMILES string of the molecule is CN1CCc2ncnc(N3CCN(C(=O)c4cccnc4)CC3)c2C1. The number of aromatic nitrogens is 3. The van der Waals surface area contributed by atoms with Crippen molar-refractivity contribution in [1.29, 1.82) is 0 Å². The molecule has 0 unspecified atom stereocenters. The fourth-order valence-electron chi connectivity index (χ4n) is 3.53. The first-order valence-electron chi connectivity index (χ1n) is 8.68. The van der Waals surface area contributed by atoms with Gasteiger partial charge >= 0.3 is 0 Å². The molecule has 0 spiro atoms. The van der Waals surface area contributed by atoms with Gasteiger partial charge in [-0.2, -0.15) is 0 Å². The molecule has 25 heavy (non-hydrogen) atoms. The zero-order chi connectivity index (χ0) is 17.2. The van der Waals surface area contributed by atoms with Gasteiger partial charge in [-0.25, -0.2) is 9.97 Å². The van der Waals surface area contributed by atoms with Gasteiger partial charge in [-0.3, -0.25) is 9.78 Å². The highest BCUT2D eigenvalue weighted by molar-refractivity contribution is 5.94. The number of amides is 1. The molecule has 0 N–H and O–H groups in total. The first-order chi connectivity index (χ1) is 12.2. The summed E-state index contributed by atoms with van der Waals surface area (Å²) >= 11 is 0. The molecule has 130 valence electrons. The lowest BCUT2D eigenvalue weighted by molar-refractivity contribution is 0.0746. The lowest BCUT2D eigenvalue weighted by Crippen LogP contribution is -2.49. The van der Waals surface area contributed by atoms with E-state index >= 15 is 0 Å². The quantitative estimate of drug-likeness (QED) is 0.808. The van der Waals surface area contributed by atoms with Crippen molar-refractivity contribution in [1.82, 2.24) is 24.8 Å². The summed E-state index contributed by atoms with van der Waals surface area (Å²) in [4.78, 5) is 32.1. The van der Waals surface area contributed by atoms with Crippen LogP contribution in [0.25, 0.3) is 0 Å². The summed E-state index contributed by atoms with van der Waals surface area (Å²) in [7, 11) is 2.13. The van der Waals surface area contributed by atoms with Gasteiger partial charge < -0.3 is 14.7 Å². The normalized spacial score (nSPS) is 18.1. The fourth-order valence-corrected chi connectivity index (χ4v) is 3.53. The molecule has 2 aromatic heterocycles. The van der Waals surface area contributed by atoms with E-state index in [1.54, 1.807) is 24.8 Å². The molecule has 1 saturated heterocycles. The van der Waals surface area contributed by atoms with Crippen LogP contribution in [0.4, 0.5) is 5.82 Å². The van der Waals surface area contributed by atoms with Crippen molar-refractivity contribution in [2.45, 2.75) is 13.0 Å². The van der Waals surface area contributed by atoms with Crippen molar-refractivity contribution >= 4 is 11.7 Å². The number of hydrogen-bond acceptors (Lipinski definition) is 6. The van der Waals surface area contributed by atoms with E-state index in [2.05, 4.69) is 31.8 Å². The zero-order valence-corrected chi connectivity index (χ0v) is 14.4. The lowest BCUT2D eigenvalue weighted by Gasteiger charge is -2.37. The summed E-state index contributed by atoms with van der Waals surface area (Å²) in [6.07, 6.45) is 5.96. The van der Waals surface area contributed by atoms with Crippen LogP contribution in [0.15, 0.2) is 30.9 Å². The van der Waals surface area contributed by atoms with Crippen LogP contribution in [-0.2, 0) is 13.0 Å². The van der Waals surface area contributed by atoms with E-state index in [9.17, 15) is 4.79 Å². The van der Waals surface area contributed by atoms with Gasteiger partial charge in [0.2, 0.25) is 0 Å². The smallest absolute Gasteiger partial charge is 0.255 e. The van der Waals surface area contributed by atoms with Gasteiger partial charge in [0.05, 0.1) is 11.3 Å². The van der Waals surface area contributed by atoms with Crippen molar-refractivity contribution in [3.8, 4) is 0 Å². The minimum Gasteiger partial charge on any atom is -0.353 e. The van der Waals surface area contributed by atoms with Crippen LogP contribution in [0.5, 0.6) is 0 Å². The first-order valence-corrected chi connectivity index (χ1v) is 8.68. The summed E-state index contributed by atoms with van der Waals surface area (Å²) in [6, 6.07) is 3.62. The number of piperazine rings is 1. The van der Waals surface area contributed by atoms with Gasteiger partial charge in [0.25, 0.3) is 5.91 Å². The maximum Gasteiger partial charge on any atom is 0.255 e. The molecule has 2 aliphatic heterocycles. The monoisotopic (exact) mass is 338 g/mol. The highest BCUT2D eigenvalue weighted by Gasteiger charge is 2.26. The molecule has 2 aliphatic rings. The van der Waals surface area contributed by atoms with E-state index in [-0.39, 0.29) is 5.91 Å². The van der Waals surface area contributed by atoms with Crippen LogP contribution < -0.4 is 4.90 Å². The largest absolute Gasteiger partial charge is 0.353 e. The van der Waals surface area contributed by atoms with Crippen molar-refractivity contribution < 1.29 is 4.79 Å². The number of anilines is 1. The van der Waals surface area contributed by atoms with E-state index in [0.29, 0.717) is 18.7 Å². The fraction of sp³-hybridized carbons (Fsp3) is 0.444. The molecule has 0 saturated carbocycles. The number of hydrogen-bond donors (Lipinski definition) is 0. The van der Waals surface area contributed by atoms with Crippen LogP contribution in [0.3, 0.4) is 0 Å². The zero-order valence-electron chi connectivity index (χ0n) is 14.4. The van der Waals surface area contributed by atoms with Gasteiger partial charge in [0.1, 0.15) is 12.1 Å². The summed E-state index contributed by atoms with van der Waals surface area (Å²) in [5.74, 6) is 1.09. The predicted molar refractivity (Wildman–Crippen MR) is 94.4 cm³/mol. The number of pyridine rings is 1. The molecule has 0 atom stereocenters. The van der Waals surface area contributed by atoms with Crippen molar-refractivity contribution in [2.24, 2.45) is 0 Å². The maximum absolute atomic E-state index is 12.6. The second-order valence-electron chi connectivity index (χ2n) is 6.63. The van der Waals surface area contributed by atoms with Gasteiger partial charge in [-0.1, -0.05) is 0 Å². The molecule has 7 nitrogen and oxygen atoms in total. The average molecular weight is 338 g/mol. The van der Waals surface area contributed by atoms with Gasteiger partial charge in [0.15, 0.2) is 0 Å². The standard InChI is InChI=1S/C18H22N6O/c1-22-6-4-16-15(12-22)17(21-13-20-16)23-7-9-24(10-8-23)18(25)14-3-2-5-19-11-14/h2-3,5,11,13H,4,6-10,12H2,1H3. The number of fused-ring (bicyclic) bond motifs is 1. The Morgan fingerprint density at radius 1 is 1.12 bits per heavy atom. The number of nitrogens with zero attached hydrogens (tertiary/aromatic N) is 6. The molecule has 2 aromatic rings. The molecule has 1 fully saturated rings. The molecular weight excluding hydrogens is 316 g/mol. The van der Waals surface area contributed by atoms with Crippen molar-refractivity contribution in [3.05, 3.63) is 47.7 Å². The Hall–Kier alpha value is -2.54. The molecule has 4 heterocycles. The van der Waals surface area contributed by atoms with E-state index in [1.165, 1.54) is 5.56 Å². The Balaban J connectivity index is 1.47. The van der Waals surface area contributed by atoms with Crippen LogP contribution in [0, 0.1) is 0 Å². The maximum atomic E-state index is 12.6. The minimum absolute atomic E-state index is 0.0530. The average Bonchev–Trinajstić information content (AvgIpc) is 2.68. The molecule has 7 heteroatoms. The van der Waals surface area contributed by atoms with Crippen molar-refractivity contribution in [3.63, 3.8) is 0 Å². The Labute approximate surface area is 147 Å². The van der Waals surface area contributed by atoms with Crippen LogP contribution in [-0.4, -0.2) is 70.4 Å². The summed E-state index contributed by atoms with van der Waals surface area (Å²) < 4.78 is 0. The topological polar surface area (TPSA) is 65.5 Å². The minimum atomic E-state index is 0.0530. The lowest BCUT2D eigenvalue weighted by atomic mass is 10.1. The summed E-state index contributed by atoms with van der Waals surface area (Å²) in [5.41, 5.74) is 3.05. The first kappa shape index (κ1) is 16.0. The Morgan fingerprint density at radius 3 is 2.72 bits per heavy atom. The third-order valence-electron chi connectivity index (χ3n) is 4.95. The molecule has 4 rings (SSSR count). The molecule has 0 radical (unpaired) electrons. The van der Waals surface area contributed by atoms with Crippen LogP contribution in [0.2, 0.25) is 0 Å². The van der Waals surface area contributed by atoms with E-state index in [1.807, 2.05) is 11.0 Å². The Kier molecular flexibility index (Phi) is 4.31. The highest BCUT2D eigenvalue weighted by atomic mass is 16.2. The van der Waals surface area contributed by atoms with E-state index in [0.717, 1.165) is 44.1 Å². The number of carbonyl (C=O) groups is 1. The summed E-state index contributed by atoms with van der Waals surface area (Å²) in [5, 5.41) is 0. The third kappa shape index (κ3) is 3.19. The Bertz CT molecular complexity index is 757. The third-order valence-corrected chi connectivity index (χ3v) is 4.95. The second kappa shape index (κ2) is 6.76. The van der Waals surface area contributed by atoms with Gasteiger partial charge in [-0.05, 0) is 19.2 Å². The number of rotatable bonds is 2. The second-order valence-corrected chi connectivity index (χ2v) is 6.63. The number of carbonyl (C=O) groups excluding carboxylic acids is 1. The van der Waals surface area contributed by atoms with Crippen molar-refractivity contribution in [2.75, 3.05) is 44.7 Å². The molecule has 0 aromatic carbocycles. The van der Waals surface area contributed by atoms with Gasteiger partial charge in [0, 0.05) is 63.6 Å². The number of likely N-dealkylation sites (N-methyl/N-ethyl adjacent to an activating group) is 1. The van der Waals surface area contributed by atoms with Crippen LogP contribution >= 0.6 is 0 Å². The Morgan fingerprint density at radius 2 is 1.96 bits per heavy atom. The molecule has 1 amide bonds. The van der Waals surface area contributed by atoms with E-state index in [4.69, 9.17) is 0 Å². The van der Waals surface area contributed by atoms with Gasteiger partial charge in [-0.15, -0.1) is 0 Å². The van der Waals surface area contributed by atoms with Crippen LogP contribution in [0.1, 0.15) is 21.6 Å². The molecule has 0 bridgehead atoms. The molecule has 0 aliphatic carbocycles.